The van der Waals surface area contributed by atoms with Crippen molar-refractivity contribution < 1.29 is 4.73 Å². The Morgan fingerprint density at radius 3 is 3.00 bits per heavy atom. The third-order valence-corrected chi connectivity index (χ3v) is 1.08. The molecule has 54 valence electrons. The van der Waals surface area contributed by atoms with E-state index in [1.54, 1.807) is 7.05 Å². The van der Waals surface area contributed by atoms with Gasteiger partial charge in [-0.1, -0.05) is 0 Å². The van der Waals surface area contributed by atoms with Crippen molar-refractivity contribution in [2.24, 2.45) is 0 Å². The Hall–Kier alpha value is -1.52. The minimum absolute atomic E-state index is 0.217. The lowest BCUT2D eigenvalue weighted by Gasteiger charge is -2.05. The van der Waals surface area contributed by atoms with Gasteiger partial charge in [0, 0.05) is 0 Å². The molecule has 0 atom stereocenters. The maximum absolute atomic E-state index is 10.8. The van der Waals surface area contributed by atoms with Crippen LogP contribution in [0.25, 0.3) is 0 Å². The highest BCUT2D eigenvalue weighted by atomic mass is 16.5. The van der Waals surface area contributed by atoms with Crippen molar-refractivity contribution in [1.82, 2.24) is 4.98 Å². The van der Waals surface area contributed by atoms with Gasteiger partial charge in [-0.2, -0.15) is 0 Å². The van der Waals surface area contributed by atoms with Crippen LogP contribution in [-0.2, 0) is 0 Å². The standard InChI is InChI=1S/C5H8N4O/c1-7-5-2-8-4(6)3-9(5)10/h2-3,7H,1H3,(H2,6,8). The minimum Gasteiger partial charge on any atom is -0.710 e. The summed E-state index contributed by atoms with van der Waals surface area (Å²) in [5.74, 6) is 0.600. The second kappa shape index (κ2) is 2.38. The van der Waals surface area contributed by atoms with Crippen LogP contribution in [0.3, 0.4) is 0 Å². The Bertz CT molecular complexity index is 237. The van der Waals surface area contributed by atoms with E-state index in [2.05, 4.69) is 10.3 Å². The molecule has 0 aliphatic carbocycles. The molecule has 0 saturated heterocycles. The largest absolute Gasteiger partial charge is 0.710 e. The van der Waals surface area contributed by atoms with Crippen molar-refractivity contribution in [3.63, 3.8) is 0 Å². The zero-order valence-corrected chi connectivity index (χ0v) is 5.53. The first-order chi connectivity index (χ1) is 4.74. The molecule has 0 aliphatic rings. The second-order valence-corrected chi connectivity index (χ2v) is 1.77. The maximum Gasteiger partial charge on any atom is 0.296 e. The van der Waals surface area contributed by atoms with Crippen LogP contribution < -0.4 is 15.8 Å². The van der Waals surface area contributed by atoms with Gasteiger partial charge in [0.1, 0.15) is 12.4 Å². The molecule has 0 aromatic carbocycles. The Morgan fingerprint density at radius 1 is 1.80 bits per heavy atom. The van der Waals surface area contributed by atoms with Crippen molar-refractivity contribution in [2.45, 2.75) is 0 Å². The number of anilines is 2. The van der Waals surface area contributed by atoms with Crippen LogP contribution in [0, 0.1) is 5.21 Å². The van der Waals surface area contributed by atoms with E-state index in [1.807, 2.05) is 0 Å². The molecule has 1 rings (SSSR count). The summed E-state index contributed by atoms with van der Waals surface area (Å²) in [5.41, 5.74) is 5.22. The number of nitrogens with two attached hydrogens (primary N) is 1. The zero-order valence-electron chi connectivity index (χ0n) is 5.53. The molecule has 0 unspecified atom stereocenters. The number of rotatable bonds is 1. The summed E-state index contributed by atoms with van der Waals surface area (Å²) in [6.07, 6.45) is 2.58. The second-order valence-electron chi connectivity index (χ2n) is 1.77. The number of nitrogens with zero attached hydrogens (tertiary/aromatic N) is 2. The SMILES string of the molecule is CNc1cnc(N)c[n+]1[O-]. The lowest BCUT2D eigenvalue weighted by atomic mass is 10.6. The van der Waals surface area contributed by atoms with Crippen molar-refractivity contribution in [3.8, 4) is 0 Å². The van der Waals surface area contributed by atoms with Crippen LogP contribution in [0.1, 0.15) is 0 Å². The monoisotopic (exact) mass is 140 g/mol. The lowest BCUT2D eigenvalue weighted by molar-refractivity contribution is -0.590. The predicted molar refractivity (Wildman–Crippen MR) is 37.2 cm³/mol. The number of hydrogen-bond acceptors (Lipinski definition) is 4. The van der Waals surface area contributed by atoms with E-state index in [-0.39, 0.29) is 5.82 Å². The van der Waals surface area contributed by atoms with Gasteiger partial charge in [0.15, 0.2) is 5.82 Å². The number of hydrogen-bond donors (Lipinski definition) is 2. The van der Waals surface area contributed by atoms with Gasteiger partial charge in [-0.15, -0.1) is 0 Å². The molecule has 1 heterocycles. The third-order valence-electron chi connectivity index (χ3n) is 1.08. The predicted octanol–water partition coefficient (Wildman–Crippen LogP) is -0.661. The van der Waals surface area contributed by atoms with E-state index in [9.17, 15) is 5.21 Å². The molecular formula is C5H8N4O. The van der Waals surface area contributed by atoms with Crippen molar-refractivity contribution in [2.75, 3.05) is 18.1 Å². The zero-order chi connectivity index (χ0) is 7.56. The average molecular weight is 140 g/mol. The van der Waals surface area contributed by atoms with Gasteiger partial charge < -0.3 is 10.9 Å². The first-order valence-corrected chi connectivity index (χ1v) is 2.76. The number of nitrogen functional groups attached to an aromatic ring is 1. The van der Waals surface area contributed by atoms with Crippen molar-refractivity contribution >= 4 is 11.6 Å². The van der Waals surface area contributed by atoms with Crippen molar-refractivity contribution in [1.29, 1.82) is 0 Å². The highest BCUT2D eigenvalue weighted by Crippen LogP contribution is 1.96. The van der Waals surface area contributed by atoms with Gasteiger partial charge in [0.2, 0.25) is 0 Å². The van der Waals surface area contributed by atoms with Gasteiger partial charge in [-0.3, -0.25) is 5.32 Å². The van der Waals surface area contributed by atoms with Gasteiger partial charge in [-0.25, -0.2) is 9.71 Å². The molecule has 5 heteroatoms. The van der Waals surface area contributed by atoms with Gasteiger partial charge in [0.05, 0.1) is 7.05 Å². The lowest BCUT2D eigenvalue weighted by Crippen LogP contribution is -2.30. The molecule has 0 amide bonds. The summed E-state index contributed by atoms with van der Waals surface area (Å²) in [6, 6.07) is 0. The van der Waals surface area contributed by atoms with Crippen LogP contribution in [0.15, 0.2) is 12.4 Å². The smallest absolute Gasteiger partial charge is 0.296 e. The minimum atomic E-state index is 0.217. The molecule has 0 aliphatic heterocycles. The molecule has 0 radical (unpaired) electrons. The van der Waals surface area contributed by atoms with E-state index in [0.29, 0.717) is 10.5 Å². The quantitative estimate of drug-likeness (QED) is 0.401. The molecule has 10 heavy (non-hydrogen) atoms. The van der Waals surface area contributed by atoms with E-state index in [0.717, 1.165) is 0 Å². The Morgan fingerprint density at radius 2 is 2.50 bits per heavy atom. The molecule has 0 saturated carbocycles. The maximum atomic E-state index is 10.8. The molecule has 0 bridgehead atoms. The molecule has 3 N–H and O–H groups in total. The van der Waals surface area contributed by atoms with E-state index in [4.69, 9.17) is 5.73 Å². The highest BCUT2D eigenvalue weighted by molar-refractivity contribution is 5.29. The Kier molecular flexibility index (Phi) is 1.57. The van der Waals surface area contributed by atoms with Gasteiger partial charge >= 0.3 is 0 Å². The molecule has 0 spiro atoms. The Labute approximate surface area is 58.1 Å². The normalized spacial score (nSPS) is 9.30. The highest BCUT2D eigenvalue weighted by Gasteiger charge is 1.98. The molecular weight excluding hydrogens is 132 g/mol. The fourth-order valence-corrected chi connectivity index (χ4v) is 0.590. The fourth-order valence-electron chi connectivity index (χ4n) is 0.590. The van der Waals surface area contributed by atoms with Crippen LogP contribution in [-0.4, -0.2) is 12.0 Å². The fraction of sp³-hybridized carbons (Fsp3) is 0.200. The van der Waals surface area contributed by atoms with E-state index < -0.39 is 0 Å². The van der Waals surface area contributed by atoms with Crippen LogP contribution in [0.4, 0.5) is 11.6 Å². The summed E-state index contributed by atoms with van der Waals surface area (Å²) in [4.78, 5) is 3.71. The molecule has 1 aromatic heterocycles. The van der Waals surface area contributed by atoms with Gasteiger partial charge in [0.25, 0.3) is 5.82 Å². The molecule has 1 aromatic rings. The van der Waals surface area contributed by atoms with Crippen LogP contribution >= 0.6 is 0 Å². The summed E-state index contributed by atoms with van der Waals surface area (Å²) in [7, 11) is 1.64. The summed E-state index contributed by atoms with van der Waals surface area (Å²) < 4.78 is 0.627. The number of nitrogens with one attached hydrogen (secondary N) is 1. The topological polar surface area (TPSA) is 77.9 Å². The third kappa shape index (κ3) is 1.07. The van der Waals surface area contributed by atoms with E-state index in [1.165, 1.54) is 12.4 Å². The summed E-state index contributed by atoms with van der Waals surface area (Å²) in [5, 5.41) is 13.5. The first-order valence-electron chi connectivity index (χ1n) is 2.76. The summed E-state index contributed by atoms with van der Waals surface area (Å²) >= 11 is 0. The average Bonchev–Trinajstić information content (AvgIpc) is 1.88. The van der Waals surface area contributed by atoms with Gasteiger partial charge in [-0.05, 0) is 0 Å². The van der Waals surface area contributed by atoms with Crippen molar-refractivity contribution in [3.05, 3.63) is 17.6 Å². The van der Waals surface area contributed by atoms with Crippen LogP contribution in [0.2, 0.25) is 0 Å². The first kappa shape index (κ1) is 6.60. The number of aromatic nitrogens is 2. The molecule has 5 nitrogen and oxygen atoms in total. The Balaban J connectivity index is 3.07. The molecule has 0 fully saturated rings. The van der Waals surface area contributed by atoms with Crippen LogP contribution in [0.5, 0.6) is 0 Å². The van der Waals surface area contributed by atoms with E-state index >= 15 is 0 Å². The summed E-state index contributed by atoms with van der Waals surface area (Å²) in [6.45, 7) is 0.